The molecule has 0 aromatic heterocycles. The molecule has 0 saturated carbocycles. The second kappa shape index (κ2) is 7.24. The van der Waals surface area contributed by atoms with Crippen molar-refractivity contribution in [2.24, 2.45) is 0 Å². The Morgan fingerprint density at radius 1 is 0.667 bits per heavy atom. The van der Waals surface area contributed by atoms with Gasteiger partial charge in [-0.2, -0.15) is 0 Å². The molecule has 1 saturated heterocycles. The lowest BCUT2D eigenvalue weighted by Gasteiger charge is -2.35. The average Bonchev–Trinajstić information content (AvgIpc) is 2.61. The van der Waals surface area contributed by atoms with Crippen molar-refractivity contribution >= 4 is 35.0 Å². The summed E-state index contributed by atoms with van der Waals surface area (Å²) in [5.41, 5.74) is 0.982. The van der Waals surface area contributed by atoms with Gasteiger partial charge in [0.15, 0.2) is 0 Å². The Bertz CT molecular complexity index is 706. The number of carbonyl (C=O) groups excluding carboxylic acids is 2. The molecule has 1 fully saturated rings. The van der Waals surface area contributed by atoms with E-state index in [1.54, 1.807) is 58.3 Å². The van der Waals surface area contributed by atoms with Gasteiger partial charge in [0, 0.05) is 26.2 Å². The summed E-state index contributed by atoms with van der Waals surface area (Å²) in [5, 5.41) is 0.883. The van der Waals surface area contributed by atoms with Crippen LogP contribution < -0.4 is 0 Å². The zero-order valence-corrected chi connectivity index (χ0v) is 14.4. The van der Waals surface area contributed by atoms with Gasteiger partial charge in [0.05, 0.1) is 21.2 Å². The van der Waals surface area contributed by atoms with Crippen molar-refractivity contribution in [1.82, 2.24) is 9.80 Å². The smallest absolute Gasteiger partial charge is 0.255 e. The van der Waals surface area contributed by atoms with Crippen LogP contribution in [0.1, 0.15) is 20.7 Å². The van der Waals surface area contributed by atoms with Gasteiger partial charge in [-0.15, -0.1) is 0 Å². The maximum atomic E-state index is 12.5. The Morgan fingerprint density at radius 3 is 1.33 bits per heavy atom. The maximum Gasteiger partial charge on any atom is 0.255 e. The molecule has 0 aliphatic carbocycles. The van der Waals surface area contributed by atoms with Crippen molar-refractivity contribution in [1.29, 1.82) is 0 Å². The lowest BCUT2D eigenvalue weighted by Crippen LogP contribution is -2.50. The van der Waals surface area contributed by atoms with Gasteiger partial charge < -0.3 is 9.80 Å². The van der Waals surface area contributed by atoms with Gasteiger partial charge in [0.1, 0.15) is 0 Å². The van der Waals surface area contributed by atoms with E-state index in [0.717, 1.165) is 0 Å². The number of halogens is 2. The molecule has 1 aliphatic rings. The summed E-state index contributed by atoms with van der Waals surface area (Å²) in [4.78, 5) is 28.5. The fraction of sp³-hybridized carbons (Fsp3) is 0.222. The van der Waals surface area contributed by atoms with Crippen LogP contribution in [0.3, 0.4) is 0 Å². The van der Waals surface area contributed by atoms with Crippen LogP contribution in [0.2, 0.25) is 10.0 Å². The Balaban J connectivity index is 1.66. The van der Waals surface area contributed by atoms with Crippen LogP contribution in [0, 0.1) is 0 Å². The van der Waals surface area contributed by atoms with Gasteiger partial charge in [-0.1, -0.05) is 47.5 Å². The van der Waals surface area contributed by atoms with Crippen molar-refractivity contribution in [3.05, 3.63) is 69.7 Å². The highest BCUT2D eigenvalue weighted by atomic mass is 35.5. The zero-order valence-electron chi connectivity index (χ0n) is 12.9. The number of rotatable bonds is 2. The first-order valence-electron chi connectivity index (χ1n) is 7.65. The molecule has 0 bridgehead atoms. The molecule has 0 atom stereocenters. The summed E-state index contributed by atoms with van der Waals surface area (Å²) in [7, 11) is 0. The minimum absolute atomic E-state index is 0.106. The summed E-state index contributed by atoms with van der Waals surface area (Å²) in [6.07, 6.45) is 0. The van der Waals surface area contributed by atoms with E-state index in [1.165, 1.54) is 0 Å². The van der Waals surface area contributed by atoms with Crippen molar-refractivity contribution in [3.63, 3.8) is 0 Å². The number of hydrogen-bond donors (Lipinski definition) is 0. The van der Waals surface area contributed by atoms with E-state index in [0.29, 0.717) is 47.4 Å². The fourth-order valence-corrected chi connectivity index (χ4v) is 3.16. The predicted molar refractivity (Wildman–Crippen MR) is 94.7 cm³/mol. The number of nitrogens with zero attached hydrogens (tertiary/aromatic N) is 2. The van der Waals surface area contributed by atoms with Gasteiger partial charge in [0.25, 0.3) is 11.8 Å². The summed E-state index contributed by atoms with van der Waals surface area (Å²) in [6.45, 7) is 1.89. The lowest BCUT2D eigenvalue weighted by molar-refractivity contribution is 0.0535. The zero-order chi connectivity index (χ0) is 17.1. The van der Waals surface area contributed by atoms with E-state index in [2.05, 4.69) is 0 Å². The third kappa shape index (κ3) is 3.40. The molecule has 0 radical (unpaired) electrons. The number of piperazine rings is 1. The van der Waals surface area contributed by atoms with Crippen LogP contribution in [-0.2, 0) is 0 Å². The van der Waals surface area contributed by atoms with Crippen molar-refractivity contribution in [2.75, 3.05) is 26.2 Å². The summed E-state index contributed by atoms with van der Waals surface area (Å²) >= 11 is 12.2. The molecule has 6 heteroatoms. The Kier molecular flexibility index (Phi) is 5.07. The topological polar surface area (TPSA) is 40.6 Å². The molecule has 2 amide bonds. The van der Waals surface area contributed by atoms with E-state index in [1.807, 2.05) is 0 Å². The van der Waals surface area contributed by atoms with E-state index >= 15 is 0 Å². The maximum absolute atomic E-state index is 12.5. The molecule has 0 spiro atoms. The fourth-order valence-electron chi connectivity index (χ4n) is 2.72. The molecular weight excluding hydrogens is 347 g/mol. The molecule has 4 nitrogen and oxygen atoms in total. The van der Waals surface area contributed by atoms with Crippen molar-refractivity contribution in [3.8, 4) is 0 Å². The van der Waals surface area contributed by atoms with Crippen LogP contribution in [0.4, 0.5) is 0 Å². The van der Waals surface area contributed by atoms with Crippen LogP contribution in [0.25, 0.3) is 0 Å². The molecule has 3 rings (SSSR count). The third-order valence-electron chi connectivity index (χ3n) is 4.06. The highest BCUT2D eigenvalue weighted by Gasteiger charge is 2.27. The van der Waals surface area contributed by atoms with Crippen molar-refractivity contribution < 1.29 is 9.59 Å². The van der Waals surface area contributed by atoms with Crippen LogP contribution in [0.5, 0.6) is 0 Å². The standard InChI is InChI=1S/C18H16Cl2N2O2/c19-15-7-3-1-5-13(15)17(23)21-9-11-22(12-10-21)18(24)14-6-2-4-8-16(14)20/h1-8H,9-12H2. The first-order chi connectivity index (χ1) is 11.6. The molecule has 124 valence electrons. The highest BCUT2D eigenvalue weighted by molar-refractivity contribution is 6.34. The summed E-state index contributed by atoms with van der Waals surface area (Å²) in [5.74, 6) is -0.212. The normalized spacial score (nSPS) is 14.6. The second-order valence-electron chi connectivity index (χ2n) is 5.54. The minimum Gasteiger partial charge on any atom is -0.335 e. The van der Waals surface area contributed by atoms with Gasteiger partial charge in [-0.3, -0.25) is 9.59 Å². The molecule has 0 unspecified atom stereocenters. The van der Waals surface area contributed by atoms with E-state index in [-0.39, 0.29) is 11.8 Å². The lowest BCUT2D eigenvalue weighted by atomic mass is 10.1. The molecule has 2 aromatic rings. The monoisotopic (exact) mass is 362 g/mol. The minimum atomic E-state index is -0.106. The second-order valence-corrected chi connectivity index (χ2v) is 6.36. The number of benzene rings is 2. The van der Waals surface area contributed by atoms with Crippen LogP contribution in [0.15, 0.2) is 48.5 Å². The molecule has 0 N–H and O–H groups in total. The van der Waals surface area contributed by atoms with Gasteiger partial charge in [-0.05, 0) is 24.3 Å². The van der Waals surface area contributed by atoms with Gasteiger partial charge in [-0.25, -0.2) is 0 Å². The number of carbonyl (C=O) groups is 2. The number of amides is 2. The first-order valence-corrected chi connectivity index (χ1v) is 8.41. The SMILES string of the molecule is O=C(c1ccccc1Cl)N1CCN(C(=O)c2ccccc2Cl)CC1. The van der Waals surface area contributed by atoms with Crippen LogP contribution >= 0.6 is 23.2 Å². The quantitative estimate of drug-likeness (QED) is 0.818. The molecular formula is C18H16Cl2N2O2. The van der Waals surface area contributed by atoms with Crippen molar-refractivity contribution in [2.45, 2.75) is 0 Å². The third-order valence-corrected chi connectivity index (χ3v) is 4.72. The van der Waals surface area contributed by atoms with E-state index < -0.39 is 0 Å². The summed E-state index contributed by atoms with van der Waals surface area (Å²) in [6, 6.07) is 14.0. The largest absolute Gasteiger partial charge is 0.335 e. The number of hydrogen-bond acceptors (Lipinski definition) is 2. The molecule has 1 aliphatic heterocycles. The van der Waals surface area contributed by atoms with Gasteiger partial charge >= 0.3 is 0 Å². The van der Waals surface area contributed by atoms with E-state index in [9.17, 15) is 9.59 Å². The predicted octanol–water partition coefficient (Wildman–Crippen LogP) is 3.59. The van der Waals surface area contributed by atoms with E-state index in [4.69, 9.17) is 23.2 Å². The summed E-state index contributed by atoms with van der Waals surface area (Å²) < 4.78 is 0. The average molecular weight is 363 g/mol. The Morgan fingerprint density at radius 2 is 1.00 bits per heavy atom. The van der Waals surface area contributed by atoms with Crippen LogP contribution in [-0.4, -0.2) is 47.8 Å². The Labute approximate surface area is 150 Å². The molecule has 24 heavy (non-hydrogen) atoms. The molecule has 1 heterocycles. The van der Waals surface area contributed by atoms with Gasteiger partial charge in [0.2, 0.25) is 0 Å². The molecule has 2 aromatic carbocycles. The first kappa shape index (κ1) is 16.8. The highest BCUT2D eigenvalue weighted by Crippen LogP contribution is 2.20. The Hall–Kier alpha value is -2.04.